The van der Waals surface area contributed by atoms with Gasteiger partial charge in [-0.1, -0.05) is 6.92 Å². The molecule has 0 saturated carbocycles. The van der Waals surface area contributed by atoms with E-state index in [1.54, 1.807) is 18.2 Å². The summed E-state index contributed by atoms with van der Waals surface area (Å²) in [6.45, 7) is 4.27. The van der Waals surface area contributed by atoms with E-state index in [0.29, 0.717) is 29.9 Å². The molecular weight excluding hydrogens is 335 g/mol. The minimum Gasteiger partial charge on any atom is -0.491 e. The van der Waals surface area contributed by atoms with Crippen LogP contribution in [0.4, 0.5) is 13.2 Å². The van der Waals surface area contributed by atoms with Crippen molar-refractivity contribution in [3.63, 3.8) is 0 Å². The van der Waals surface area contributed by atoms with Crippen molar-refractivity contribution in [3.05, 3.63) is 30.0 Å². The highest BCUT2D eigenvalue weighted by Crippen LogP contribution is 2.39. The molecule has 2 aromatic rings. The summed E-state index contributed by atoms with van der Waals surface area (Å²) in [5.74, 6) is -1.05. The molecule has 0 radical (unpaired) electrons. The Morgan fingerprint density at radius 3 is 2.80 bits per heavy atom. The topological polar surface area (TPSA) is 34.8 Å². The molecule has 2 unspecified atom stereocenters. The zero-order chi connectivity index (χ0) is 18.0. The van der Waals surface area contributed by atoms with E-state index in [-0.39, 0.29) is 18.3 Å². The molecule has 25 heavy (non-hydrogen) atoms. The van der Waals surface area contributed by atoms with Gasteiger partial charge in [-0.2, -0.15) is 13.2 Å². The number of hydrogen-bond acceptors (Lipinski definition) is 4. The monoisotopic (exact) mass is 357 g/mol. The maximum Gasteiger partial charge on any atom is 0.398 e. The van der Waals surface area contributed by atoms with Crippen LogP contribution in [-0.4, -0.2) is 50.5 Å². The average Bonchev–Trinajstić information content (AvgIpc) is 2.94. The second-order valence-electron chi connectivity index (χ2n) is 6.42. The Labute approximate surface area is 144 Å². The number of rotatable bonds is 5. The number of likely N-dealkylation sites (N-methyl/N-ethyl adjacent to an activating group) is 1. The number of halogens is 3. The molecule has 1 fully saturated rings. The van der Waals surface area contributed by atoms with Gasteiger partial charge in [0.1, 0.15) is 35.7 Å². The Kier molecular flexibility index (Phi) is 5.24. The predicted molar refractivity (Wildman–Crippen MR) is 88.0 cm³/mol. The molecule has 0 spiro atoms. The number of fused-ring (bicyclic) bond motifs is 1. The van der Waals surface area contributed by atoms with Crippen LogP contribution in [0.15, 0.2) is 28.7 Å². The summed E-state index contributed by atoms with van der Waals surface area (Å²) in [4.78, 5) is 2.17. The summed E-state index contributed by atoms with van der Waals surface area (Å²) in [6.07, 6.45) is -4.38. The number of furan rings is 1. The summed E-state index contributed by atoms with van der Waals surface area (Å²) in [5, 5.41) is 0.608. The third kappa shape index (κ3) is 4.27. The Morgan fingerprint density at radius 2 is 2.12 bits per heavy atom. The van der Waals surface area contributed by atoms with Gasteiger partial charge in [-0.15, -0.1) is 0 Å². The third-order valence-corrected chi connectivity index (χ3v) is 4.43. The van der Waals surface area contributed by atoms with Crippen LogP contribution in [0, 0.1) is 0 Å². The number of nitrogens with zero attached hydrogens (tertiary/aromatic N) is 1. The van der Waals surface area contributed by atoms with Crippen molar-refractivity contribution >= 4 is 11.0 Å². The standard InChI is InChI=1S/C18H22F3NO3/c1-3-15(18(19,20)21)17-9-12-8-13(4-5-16(12)25-17)24-11-14-10-22(2)6-7-23-14/h4-5,8-9,14-15H,3,6-7,10-11H2,1-2H3. The summed E-state index contributed by atoms with van der Waals surface area (Å²) in [6, 6.07) is 6.51. The first-order chi connectivity index (χ1) is 11.9. The van der Waals surface area contributed by atoms with Gasteiger partial charge >= 0.3 is 6.18 Å². The van der Waals surface area contributed by atoms with Crippen molar-refractivity contribution in [2.45, 2.75) is 31.5 Å². The van der Waals surface area contributed by atoms with E-state index in [0.717, 1.165) is 13.1 Å². The molecule has 138 valence electrons. The number of benzene rings is 1. The van der Waals surface area contributed by atoms with Crippen LogP contribution in [-0.2, 0) is 4.74 Å². The second-order valence-corrected chi connectivity index (χ2v) is 6.42. The molecule has 0 bridgehead atoms. The van der Waals surface area contributed by atoms with Gasteiger partial charge in [0.15, 0.2) is 0 Å². The maximum absolute atomic E-state index is 13.1. The first-order valence-corrected chi connectivity index (χ1v) is 8.40. The fourth-order valence-corrected chi connectivity index (χ4v) is 3.05. The molecule has 0 N–H and O–H groups in total. The van der Waals surface area contributed by atoms with E-state index in [1.807, 2.05) is 7.05 Å². The molecule has 1 aliphatic rings. The molecule has 1 aromatic heterocycles. The van der Waals surface area contributed by atoms with Crippen molar-refractivity contribution < 1.29 is 27.1 Å². The number of hydrogen-bond donors (Lipinski definition) is 0. The van der Waals surface area contributed by atoms with Crippen molar-refractivity contribution in [3.8, 4) is 5.75 Å². The van der Waals surface area contributed by atoms with Crippen molar-refractivity contribution in [2.75, 3.05) is 33.4 Å². The zero-order valence-electron chi connectivity index (χ0n) is 14.3. The fraction of sp³-hybridized carbons (Fsp3) is 0.556. The average molecular weight is 357 g/mol. The quantitative estimate of drug-likeness (QED) is 0.803. The number of alkyl halides is 3. The van der Waals surface area contributed by atoms with Gasteiger partial charge in [0.2, 0.25) is 0 Å². The smallest absolute Gasteiger partial charge is 0.398 e. The van der Waals surface area contributed by atoms with Crippen LogP contribution in [0.2, 0.25) is 0 Å². The van der Waals surface area contributed by atoms with Gasteiger partial charge in [-0.3, -0.25) is 0 Å². The van der Waals surface area contributed by atoms with E-state index < -0.39 is 12.1 Å². The Bertz CT molecular complexity index is 713. The van der Waals surface area contributed by atoms with E-state index in [9.17, 15) is 13.2 Å². The van der Waals surface area contributed by atoms with E-state index in [4.69, 9.17) is 13.9 Å². The second kappa shape index (κ2) is 7.25. The summed E-state index contributed by atoms with van der Waals surface area (Å²) in [7, 11) is 2.03. The molecule has 4 nitrogen and oxygen atoms in total. The van der Waals surface area contributed by atoms with Gasteiger partial charge in [0.05, 0.1) is 6.61 Å². The van der Waals surface area contributed by atoms with Crippen LogP contribution in [0.5, 0.6) is 5.75 Å². The van der Waals surface area contributed by atoms with Crippen molar-refractivity contribution in [2.24, 2.45) is 0 Å². The first-order valence-electron chi connectivity index (χ1n) is 8.40. The number of ether oxygens (including phenoxy) is 2. The van der Waals surface area contributed by atoms with Crippen LogP contribution in [0.3, 0.4) is 0 Å². The van der Waals surface area contributed by atoms with Gasteiger partial charge in [-0.25, -0.2) is 0 Å². The molecule has 7 heteroatoms. The number of morpholine rings is 1. The predicted octanol–water partition coefficient (Wildman–Crippen LogP) is 4.20. The van der Waals surface area contributed by atoms with Crippen LogP contribution >= 0.6 is 0 Å². The molecule has 1 aliphatic heterocycles. The van der Waals surface area contributed by atoms with Crippen LogP contribution in [0.1, 0.15) is 25.0 Å². The highest BCUT2D eigenvalue weighted by molar-refractivity contribution is 5.79. The summed E-state index contributed by atoms with van der Waals surface area (Å²) < 4.78 is 56.0. The minimum absolute atomic E-state index is 0.0101. The van der Waals surface area contributed by atoms with E-state index in [2.05, 4.69) is 4.90 Å². The van der Waals surface area contributed by atoms with Gasteiger partial charge in [0.25, 0.3) is 0 Å². The minimum atomic E-state index is -4.31. The third-order valence-electron chi connectivity index (χ3n) is 4.43. The highest BCUT2D eigenvalue weighted by atomic mass is 19.4. The maximum atomic E-state index is 13.1. The lowest BCUT2D eigenvalue weighted by Gasteiger charge is -2.29. The molecule has 3 rings (SSSR count). The Balaban J connectivity index is 1.71. The SMILES string of the molecule is CCC(c1cc2cc(OCC3CN(C)CCO3)ccc2o1)C(F)(F)F. The zero-order valence-corrected chi connectivity index (χ0v) is 14.3. The van der Waals surface area contributed by atoms with Gasteiger partial charge in [0, 0.05) is 18.5 Å². The molecule has 2 atom stereocenters. The fourth-order valence-electron chi connectivity index (χ4n) is 3.05. The van der Waals surface area contributed by atoms with Crippen molar-refractivity contribution in [1.29, 1.82) is 0 Å². The summed E-state index contributed by atoms with van der Waals surface area (Å²) in [5.41, 5.74) is 0.429. The largest absolute Gasteiger partial charge is 0.491 e. The molecular formula is C18H22F3NO3. The van der Waals surface area contributed by atoms with Crippen molar-refractivity contribution in [1.82, 2.24) is 4.90 Å². The normalized spacial score (nSPS) is 20.8. The van der Waals surface area contributed by atoms with Gasteiger partial charge in [-0.05, 0) is 37.7 Å². The van der Waals surface area contributed by atoms with Crippen LogP contribution in [0.25, 0.3) is 11.0 Å². The van der Waals surface area contributed by atoms with Crippen LogP contribution < -0.4 is 4.74 Å². The Hall–Kier alpha value is -1.73. The molecule has 2 heterocycles. The lowest BCUT2D eigenvalue weighted by molar-refractivity contribution is -0.154. The van der Waals surface area contributed by atoms with Gasteiger partial charge < -0.3 is 18.8 Å². The molecule has 1 saturated heterocycles. The molecule has 0 amide bonds. The van der Waals surface area contributed by atoms with E-state index >= 15 is 0 Å². The lowest BCUT2D eigenvalue weighted by atomic mass is 10.0. The molecule has 1 aromatic carbocycles. The Morgan fingerprint density at radius 1 is 1.32 bits per heavy atom. The summed E-state index contributed by atoms with van der Waals surface area (Å²) >= 11 is 0. The lowest BCUT2D eigenvalue weighted by Crippen LogP contribution is -2.42. The first kappa shape index (κ1) is 18.1. The highest BCUT2D eigenvalue weighted by Gasteiger charge is 2.41. The molecule has 0 aliphatic carbocycles. The van der Waals surface area contributed by atoms with E-state index in [1.165, 1.54) is 13.0 Å².